The summed E-state index contributed by atoms with van der Waals surface area (Å²) in [6, 6.07) is 9.30. The zero-order valence-electron chi connectivity index (χ0n) is 13.1. The molecule has 0 spiro atoms. The molecule has 6 nitrogen and oxygen atoms in total. The molecule has 0 fully saturated rings. The van der Waals surface area contributed by atoms with Crippen molar-refractivity contribution in [2.45, 2.75) is 20.3 Å². The number of para-hydroxylation sites is 1. The normalized spacial score (nSPS) is 10.4. The molecule has 0 bridgehead atoms. The summed E-state index contributed by atoms with van der Waals surface area (Å²) in [5, 5.41) is 9.78. The minimum atomic E-state index is -0.415. The first kappa shape index (κ1) is 17.0. The number of nitrogens with one attached hydrogen (secondary N) is 2. The van der Waals surface area contributed by atoms with Gasteiger partial charge in [-0.15, -0.1) is 0 Å². The fourth-order valence-electron chi connectivity index (χ4n) is 2.07. The van der Waals surface area contributed by atoms with Crippen molar-refractivity contribution < 1.29 is 9.59 Å². The third-order valence-corrected chi connectivity index (χ3v) is 3.56. The van der Waals surface area contributed by atoms with E-state index in [2.05, 4.69) is 15.7 Å². The lowest BCUT2D eigenvalue weighted by Gasteiger charge is -2.06. The number of carbonyl (C=O) groups is 2. The first-order chi connectivity index (χ1) is 11.0. The molecule has 23 heavy (non-hydrogen) atoms. The van der Waals surface area contributed by atoms with Crippen molar-refractivity contribution in [2.75, 3.05) is 13.1 Å². The van der Waals surface area contributed by atoms with Gasteiger partial charge in [0.15, 0.2) is 0 Å². The Hall–Kier alpha value is -2.34. The van der Waals surface area contributed by atoms with Gasteiger partial charge in [0.2, 0.25) is 5.91 Å². The van der Waals surface area contributed by atoms with Crippen molar-refractivity contribution in [3.63, 3.8) is 0 Å². The van der Waals surface area contributed by atoms with Gasteiger partial charge in [0, 0.05) is 6.54 Å². The summed E-state index contributed by atoms with van der Waals surface area (Å²) in [6.45, 7) is 4.16. The van der Waals surface area contributed by atoms with Gasteiger partial charge in [-0.3, -0.25) is 9.59 Å². The Bertz CT molecular complexity index is 698. The van der Waals surface area contributed by atoms with Crippen LogP contribution in [0.3, 0.4) is 0 Å². The zero-order chi connectivity index (χ0) is 16.8. The molecule has 0 atom stereocenters. The van der Waals surface area contributed by atoms with Gasteiger partial charge in [0.1, 0.15) is 5.15 Å². The minimum Gasteiger partial charge on any atom is -0.355 e. The van der Waals surface area contributed by atoms with Gasteiger partial charge in [0.25, 0.3) is 5.91 Å². The molecule has 7 heteroatoms. The highest BCUT2D eigenvalue weighted by Gasteiger charge is 2.21. The summed E-state index contributed by atoms with van der Waals surface area (Å²) < 4.78 is 1.50. The zero-order valence-corrected chi connectivity index (χ0v) is 13.9. The van der Waals surface area contributed by atoms with Crippen molar-refractivity contribution in [3.05, 3.63) is 46.7 Å². The van der Waals surface area contributed by atoms with Crippen LogP contribution >= 0.6 is 11.6 Å². The summed E-state index contributed by atoms with van der Waals surface area (Å²) in [7, 11) is 0. The largest absolute Gasteiger partial charge is 0.355 e. The molecule has 2 N–H and O–H groups in total. The topological polar surface area (TPSA) is 76.0 Å². The lowest BCUT2D eigenvalue weighted by molar-refractivity contribution is -0.120. The van der Waals surface area contributed by atoms with Gasteiger partial charge in [0.05, 0.1) is 23.5 Å². The van der Waals surface area contributed by atoms with Gasteiger partial charge < -0.3 is 10.6 Å². The number of carbonyl (C=O) groups excluding carboxylic acids is 2. The quantitative estimate of drug-likeness (QED) is 0.849. The van der Waals surface area contributed by atoms with E-state index < -0.39 is 5.91 Å². The predicted octanol–water partition coefficient (Wildman–Crippen LogP) is 2.09. The molecule has 122 valence electrons. The van der Waals surface area contributed by atoms with Crippen LogP contribution in [0.4, 0.5) is 0 Å². The van der Waals surface area contributed by atoms with Crippen LogP contribution in [-0.4, -0.2) is 34.7 Å². The highest BCUT2D eigenvalue weighted by Crippen LogP contribution is 2.23. The maximum atomic E-state index is 12.3. The van der Waals surface area contributed by atoms with E-state index in [1.54, 1.807) is 6.92 Å². The summed E-state index contributed by atoms with van der Waals surface area (Å²) >= 11 is 6.30. The highest BCUT2D eigenvalue weighted by molar-refractivity contribution is 6.33. The Balaban J connectivity index is 2.12. The second kappa shape index (κ2) is 7.78. The second-order valence-electron chi connectivity index (χ2n) is 5.03. The smallest absolute Gasteiger partial charge is 0.256 e. The third-order valence-electron chi connectivity index (χ3n) is 3.21. The number of halogens is 1. The highest BCUT2D eigenvalue weighted by atomic mass is 35.5. The van der Waals surface area contributed by atoms with E-state index in [9.17, 15) is 9.59 Å². The van der Waals surface area contributed by atoms with E-state index in [0.717, 1.165) is 12.1 Å². The Morgan fingerprint density at radius 3 is 2.57 bits per heavy atom. The molecule has 0 aliphatic heterocycles. The monoisotopic (exact) mass is 334 g/mol. The Morgan fingerprint density at radius 2 is 1.91 bits per heavy atom. The summed E-state index contributed by atoms with van der Waals surface area (Å²) in [4.78, 5) is 23.8. The van der Waals surface area contributed by atoms with Gasteiger partial charge in [-0.2, -0.15) is 5.10 Å². The third kappa shape index (κ3) is 4.10. The van der Waals surface area contributed by atoms with Crippen LogP contribution in [0.1, 0.15) is 29.4 Å². The molecule has 0 radical (unpaired) electrons. The number of rotatable bonds is 6. The molecule has 0 saturated carbocycles. The number of amides is 2. The van der Waals surface area contributed by atoms with E-state index in [0.29, 0.717) is 12.2 Å². The number of nitrogens with zero attached hydrogens (tertiary/aromatic N) is 2. The maximum Gasteiger partial charge on any atom is 0.256 e. The first-order valence-corrected chi connectivity index (χ1v) is 7.77. The standard InChI is InChI=1S/C16H19ClN4O2/c1-3-9-18-13(22)10-19-16(23)14-11(2)20-21(15(14)17)12-7-5-4-6-8-12/h4-8H,3,9-10H2,1-2H3,(H,18,22)(H,19,23). The van der Waals surface area contributed by atoms with Crippen LogP contribution in [0.2, 0.25) is 5.15 Å². The van der Waals surface area contributed by atoms with E-state index in [-0.39, 0.29) is 23.2 Å². The number of aryl methyl sites for hydroxylation is 1. The van der Waals surface area contributed by atoms with Crippen molar-refractivity contribution in [2.24, 2.45) is 0 Å². The lowest BCUT2D eigenvalue weighted by atomic mass is 10.2. The van der Waals surface area contributed by atoms with Gasteiger partial charge in [-0.05, 0) is 25.5 Å². The molecule has 1 aromatic carbocycles. The SMILES string of the molecule is CCCNC(=O)CNC(=O)c1c(C)nn(-c2ccccc2)c1Cl. The fraction of sp³-hybridized carbons (Fsp3) is 0.312. The Kier molecular flexibility index (Phi) is 5.76. The molecule has 2 aromatic rings. The molecule has 0 aliphatic carbocycles. The molecule has 1 aromatic heterocycles. The molecule has 1 heterocycles. The van der Waals surface area contributed by atoms with Crippen LogP contribution in [0.15, 0.2) is 30.3 Å². The number of hydrogen-bond donors (Lipinski definition) is 2. The molecular weight excluding hydrogens is 316 g/mol. The van der Waals surface area contributed by atoms with Crippen LogP contribution in [-0.2, 0) is 4.79 Å². The van der Waals surface area contributed by atoms with Gasteiger partial charge in [-0.1, -0.05) is 36.7 Å². The molecule has 0 saturated heterocycles. The maximum absolute atomic E-state index is 12.3. The number of hydrogen-bond acceptors (Lipinski definition) is 3. The fourth-order valence-corrected chi connectivity index (χ4v) is 2.43. The van der Waals surface area contributed by atoms with Crippen molar-refractivity contribution in [1.29, 1.82) is 0 Å². The first-order valence-electron chi connectivity index (χ1n) is 7.40. The lowest BCUT2D eigenvalue weighted by Crippen LogP contribution is -2.37. The van der Waals surface area contributed by atoms with Gasteiger partial charge >= 0.3 is 0 Å². The van der Waals surface area contributed by atoms with E-state index in [1.165, 1.54) is 4.68 Å². The molecule has 0 aliphatic rings. The van der Waals surface area contributed by atoms with E-state index in [1.807, 2.05) is 37.3 Å². The molecule has 2 rings (SSSR count). The molecule has 2 amide bonds. The van der Waals surface area contributed by atoms with E-state index >= 15 is 0 Å². The van der Waals surface area contributed by atoms with E-state index in [4.69, 9.17) is 11.6 Å². The summed E-state index contributed by atoms with van der Waals surface area (Å²) in [5.41, 5.74) is 1.55. The van der Waals surface area contributed by atoms with Crippen LogP contribution in [0.25, 0.3) is 5.69 Å². The summed E-state index contributed by atoms with van der Waals surface area (Å²) in [6.07, 6.45) is 0.842. The summed E-state index contributed by atoms with van der Waals surface area (Å²) in [5.74, 6) is -0.647. The van der Waals surface area contributed by atoms with Crippen LogP contribution in [0, 0.1) is 6.92 Å². The molecule has 0 unspecified atom stereocenters. The van der Waals surface area contributed by atoms with Crippen molar-refractivity contribution in [1.82, 2.24) is 20.4 Å². The number of benzene rings is 1. The van der Waals surface area contributed by atoms with Crippen LogP contribution in [0.5, 0.6) is 0 Å². The predicted molar refractivity (Wildman–Crippen MR) is 88.9 cm³/mol. The Labute approximate surface area is 139 Å². The average molecular weight is 335 g/mol. The number of aromatic nitrogens is 2. The second-order valence-corrected chi connectivity index (χ2v) is 5.39. The molecular formula is C16H19ClN4O2. The van der Waals surface area contributed by atoms with Gasteiger partial charge in [-0.25, -0.2) is 4.68 Å². The minimum absolute atomic E-state index is 0.0921. The average Bonchev–Trinajstić information content (AvgIpc) is 2.86. The van der Waals surface area contributed by atoms with Crippen molar-refractivity contribution >= 4 is 23.4 Å². The Morgan fingerprint density at radius 1 is 1.22 bits per heavy atom. The van der Waals surface area contributed by atoms with Crippen LogP contribution < -0.4 is 10.6 Å². The van der Waals surface area contributed by atoms with Crippen molar-refractivity contribution in [3.8, 4) is 5.69 Å².